The Bertz CT molecular complexity index is 927. The first-order valence-corrected chi connectivity index (χ1v) is 11.4. The van der Waals surface area contributed by atoms with Crippen LogP contribution in [0.25, 0.3) is 0 Å². The summed E-state index contributed by atoms with van der Waals surface area (Å²) in [6, 6.07) is 9.33. The van der Waals surface area contributed by atoms with Gasteiger partial charge in [0.15, 0.2) is 0 Å². The van der Waals surface area contributed by atoms with Crippen LogP contribution in [0.3, 0.4) is 0 Å². The van der Waals surface area contributed by atoms with Gasteiger partial charge < -0.3 is 20.1 Å². The number of aryl methyl sites for hydroxylation is 1. The zero-order valence-electron chi connectivity index (χ0n) is 19.0. The fourth-order valence-electron chi connectivity index (χ4n) is 4.54. The standard InChI is InChI=1S/C24H33N5O3/c1-18-26-21(16-22(25)27-18)24(2)7-4-8-29(17-24)23(30)19-5-3-6-20(15-19)32-14-11-28-9-12-31-13-10-28/h3,5-6,15-16H,4,7-14,17H2,1-2H3,(H2,25,26,27). The smallest absolute Gasteiger partial charge is 0.254 e. The van der Waals surface area contributed by atoms with Gasteiger partial charge in [-0.25, -0.2) is 9.97 Å². The van der Waals surface area contributed by atoms with Gasteiger partial charge in [-0.1, -0.05) is 13.0 Å². The summed E-state index contributed by atoms with van der Waals surface area (Å²) in [5.41, 5.74) is 7.26. The highest BCUT2D eigenvalue weighted by molar-refractivity contribution is 5.94. The summed E-state index contributed by atoms with van der Waals surface area (Å²) in [6.45, 7) is 10.2. The predicted molar refractivity (Wildman–Crippen MR) is 123 cm³/mol. The highest BCUT2D eigenvalue weighted by Crippen LogP contribution is 2.34. The molecule has 2 fully saturated rings. The molecule has 0 radical (unpaired) electrons. The Kier molecular flexibility index (Phi) is 6.91. The van der Waals surface area contributed by atoms with Gasteiger partial charge in [0.25, 0.3) is 5.91 Å². The lowest BCUT2D eigenvalue weighted by molar-refractivity contribution is 0.0322. The Hall–Kier alpha value is -2.71. The molecule has 2 aliphatic heterocycles. The molecule has 2 aromatic rings. The SMILES string of the molecule is Cc1nc(N)cc(C2(C)CCCN(C(=O)c3cccc(OCCN4CCOCC4)c3)C2)n1. The van der Waals surface area contributed by atoms with Crippen molar-refractivity contribution in [1.82, 2.24) is 19.8 Å². The van der Waals surface area contributed by atoms with Crippen molar-refractivity contribution in [3.8, 4) is 5.75 Å². The molecule has 1 unspecified atom stereocenters. The van der Waals surface area contributed by atoms with Crippen LogP contribution in [0.4, 0.5) is 5.82 Å². The quantitative estimate of drug-likeness (QED) is 0.738. The third kappa shape index (κ3) is 5.37. The molecule has 0 aliphatic carbocycles. The second-order valence-electron chi connectivity index (χ2n) is 8.95. The van der Waals surface area contributed by atoms with Crippen LogP contribution in [0, 0.1) is 6.92 Å². The molecule has 0 spiro atoms. The number of carbonyl (C=O) groups is 1. The number of aromatic nitrogens is 2. The molecule has 32 heavy (non-hydrogen) atoms. The van der Waals surface area contributed by atoms with E-state index in [2.05, 4.69) is 21.8 Å². The summed E-state index contributed by atoms with van der Waals surface area (Å²) in [5.74, 6) is 1.88. The normalized spacial score (nSPS) is 22.0. The Morgan fingerprint density at radius 3 is 2.81 bits per heavy atom. The number of benzene rings is 1. The molecule has 2 N–H and O–H groups in total. The minimum atomic E-state index is -0.248. The molecule has 172 valence electrons. The van der Waals surface area contributed by atoms with Crippen molar-refractivity contribution < 1.29 is 14.3 Å². The third-order valence-electron chi connectivity index (χ3n) is 6.32. The molecular formula is C24H33N5O3. The van der Waals surface area contributed by atoms with Crippen LogP contribution in [-0.4, -0.2) is 78.2 Å². The number of nitrogen functional groups attached to an aromatic ring is 1. The second kappa shape index (κ2) is 9.83. The Morgan fingerprint density at radius 1 is 1.22 bits per heavy atom. The third-order valence-corrected chi connectivity index (χ3v) is 6.32. The van der Waals surface area contributed by atoms with Gasteiger partial charge in [-0.2, -0.15) is 0 Å². The maximum Gasteiger partial charge on any atom is 0.254 e. The van der Waals surface area contributed by atoms with Crippen LogP contribution in [0.15, 0.2) is 30.3 Å². The van der Waals surface area contributed by atoms with Crippen LogP contribution < -0.4 is 10.5 Å². The molecule has 1 aromatic heterocycles. The van der Waals surface area contributed by atoms with Crippen molar-refractivity contribution in [1.29, 1.82) is 0 Å². The highest BCUT2D eigenvalue weighted by atomic mass is 16.5. The van der Waals surface area contributed by atoms with Gasteiger partial charge in [0.1, 0.15) is 24.0 Å². The number of nitrogens with two attached hydrogens (primary N) is 1. The average molecular weight is 440 g/mol. The summed E-state index contributed by atoms with van der Waals surface area (Å²) in [5, 5.41) is 0. The zero-order chi connectivity index (χ0) is 22.6. The van der Waals surface area contributed by atoms with E-state index in [9.17, 15) is 4.79 Å². The molecule has 8 heteroatoms. The highest BCUT2D eigenvalue weighted by Gasteiger charge is 2.36. The van der Waals surface area contributed by atoms with Crippen molar-refractivity contribution in [2.45, 2.75) is 32.1 Å². The summed E-state index contributed by atoms with van der Waals surface area (Å²) >= 11 is 0. The number of hydrogen-bond acceptors (Lipinski definition) is 7. The number of ether oxygens (including phenoxy) is 2. The molecular weight excluding hydrogens is 406 g/mol. The number of carbonyl (C=O) groups excluding carboxylic acids is 1. The summed E-state index contributed by atoms with van der Waals surface area (Å²) in [6.07, 6.45) is 1.87. The first-order chi connectivity index (χ1) is 15.4. The van der Waals surface area contributed by atoms with Crippen molar-refractivity contribution >= 4 is 11.7 Å². The van der Waals surface area contributed by atoms with E-state index in [0.29, 0.717) is 30.4 Å². The number of nitrogens with zero attached hydrogens (tertiary/aromatic N) is 4. The Labute approximate surface area is 189 Å². The molecule has 0 saturated carbocycles. The first kappa shape index (κ1) is 22.5. The van der Waals surface area contributed by atoms with Crippen molar-refractivity contribution in [3.63, 3.8) is 0 Å². The largest absolute Gasteiger partial charge is 0.492 e. The predicted octanol–water partition coefficient (Wildman–Crippen LogP) is 2.27. The lowest BCUT2D eigenvalue weighted by Crippen LogP contribution is -2.47. The van der Waals surface area contributed by atoms with E-state index >= 15 is 0 Å². The van der Waals surface area contributed by atoms with Gasteiger partial charge in [-0.3, -0.25) is 9.69 Å². The molecule has 1 atom stereocenters. The number of piperidine rings is 1. The van der Waals surface area contributed by atoms with Crippen molar-refractivity contribution in [2.75, 3.05) is 58.3 Å². The van der Waals surface area contributed by atoms with Gasteiger partial charge in [0, 0.05) is 49.8 Å². The fraction of sp³-hybridized carbons (Fsp3) is 0.542. The second-order valence-corrected chi connectivity index (χ2v) is 8.95. The number of rotatable bonds is 6. The van der Waals surface area contributed by atoms with Crippen LogP contribution >= 0.6 is 0 Å². The topological polar surface area (TPSA) is 93.8 Å². The maximum absolute atomic E-state index is 13.3. The van der Waals surface area contributed by atoms with Crippen LogP contribution in [0.2, 0.25) is 0 Å². The molecule has 1 amide bonds. The maximum atomic E-state index is 13.3. The molecule has 4 rings (SSSR count). The fourth-order valence-corrected chi connectivity index (χ4v) is 4.54. The van der Waals surface area contributed by atoms with Crippen LogP contribution in [0.1, 0.15) is 41.6 Å². The van der Waals surface area contributed by atoms with Crippen LogP contribution in [-0.2, 0) is 10.2 Å². The van der Waals surface area contributed by atoms with E-state index in [1.54, 1.807) is 0 Å². The molecule has 8 nitrogen and oxygen atoms in total. The monoisotopic (exact) mass is 439 g/mol. The van der Waals surface area contributed by atoms with E-state index in [1.165, 1.54) is 0 Å². The van der Waals surface area contributed by atoms with Gasteiger partial charge in [0.05, 0.1) is 18.9 Å². The van der Waals surface area contributed by atoms with Crippen LogP contribution in [0.5, 0.6) is 5.75 Å². The van der Waals surface area contributed by atoms with E-state index < -0.39 is 0 Å². The van der Waals surface area contributed by atoms with Gasteiger partial charge in [0.2, 0.25) is 0 Å². The molecule has 0 bridgehead atoms. The Morgan fingerprint density at radius 2 is 2.03 bits per heavy atom. The van der Waals surface area contributed by atoms with E-state index in [0.717, 1.165) is 63.7 Å². The molecule has 1 aromatic carbocycles. The number of amides is 1. The van der Waals surface area contributed by atoms with Gasteiger partial charge in [-0.15, -0.1) is 0 Å². The Balaban J connectivity index is 1.40. The lowest BCUT2D eigenvalue weighted by atomic mass is 9.78. The van der Waals surface area contributed by atoms with E-state index in [4.69, 9.17) is 15.2 Å². The molecule has 2 saturated heterocycles. The summed E-state index contributed by atoms with van der Waals surface area (Å²) in [7, 11) is 0. The number of hydrogen-bond donors (Lipinski definition) is 1. The van der Waals surface area contributed by atoms with E-state index in [1.807, 2.05) is 42.2 Å². The first-order valence-electron chi connectivity index (χ1n) is 11.4. The van der Waals surface area contributed by atoms with Gasteiger partial charge in [-0.05, 0) is 38.0 Å². The summed E-state index contributed by atoms with van der Waals surface area (Å²) < 4.78 is 11.3. The molecule has 3 heterocycles. The summed E-state index contributed by atoms with van der Waals surface area (Å²) in [4.78, 5) is 26.4. The molecule has 2 aliphatic rings. The number of morpholine rings is 1. The number of likely N-dealkylation sites (tertiary alicyclic amines) is 1. The zero-order valence-corrected chi connectivity index (χ0v) is 19.0. The number of anilines is 1. The lowest BCUT2D eigenvalue weighted by Gasteiger charge is -2.40. The average Bonchev–Trinajstić information content (AvgIpc) is 2.79. The van der Waals surface area contributed by atoms with E-state index in [-0.39, 0.29) is 11.3 Å². The van der Waals surface area contributed by atoms with Crippen molar-refractivity contribution in [3.05, 3.63) is 47.4 Å². The minimum Gasteiger partial charge on any atom is -0.492 e. The minimum absolute atomic E-state index is 0.0216. The van der Waals surface area contributed by atoms with Gasteiger partial charge >= 0.3 is 0 Å². The van der Waals surface area contributed by atoms with Crippen molar-refractivity contribution in [2.24, 2.45) is 0 Å².